The van der Waals surface area contributed by atoms with E-state index in [2.05, 4.69) is 10.2 Å². The van der Waals surface area contributed by atoms with Crippen molar-refractivity contribution in [2.75, 3.05) is 0 Å². The Labute approximate surface area is 150 Å². The Kier molecular flexibility index (Phi) is 3.86. The molecule has 7 heteroatoms. The lowest BCUT2D eigenvalue weighted by atomic mass is 10.1. The summed E-state index contributed by atoms with van der Waals surface area (Å²) in [5.41, 5.74) is 1.76. The molecule has 0 unspecified atom stereocenters. The highest BCUT2D eigenvalue weighted by atomic mass is 35.5. The SMILES string of the molecule is Cc1cccc(-c2nnc3s/c(=C\c4c(F)cccc4Cl)c(=O)n23)c1. The Bertz CT molecular complexity index is 1190. The summed E-state index contributed by atoms with van der Waals surface area (Å²) < 4.78 is 15.8. The Morgan fingerprint density at radius 1 is 1.20 bits per heavy atom. The highest BCUT2D eigenvalue weighted by Crippen LogP contribution is 2.21. The summed E-state index contributed by atoms with van der Waals surface area (Å²) in [6.07, 6.45) is 1.46. The van der Waals surface area contributed by atoms with E-state index < -0.39 is 5.82 Å². The second kappa shape index (κ2) is 6.06. The molecule has 0 aliphatic carbocycles. The molecule has 4 nitrogen and oxygen atoms in total. The zero-order valence-electron chi connectivity index (χ0n) is 13.0. The van der Waals surface area contributed by atoms with Gasteiger partial charge in [-0.2, -0.15) is 0 Å². The standard InChI is InChI=1S/C18H11ClFN3OS/c1-10-4-2-5-11(8-10)16-21-22-18-23(16)17(24)15(25-18)9-12-13(19)6-3-7-14(12)20/h2-9H,1H3/b15-9-. The molecule has 0 atom stereocenters. The Balaban J connectivity index is 1.96. The van der Waals surface area contributed by atoms with Gasteiger partial charge in [0.25, 0.3) is 5.56 Å². The number of rotatable bonds is 2. The minimum atomic E-state index is -0.477. The second-order valence-electron chi connectivity index (χ2n) is 5.56. The van der Waals surface area contributed by atoms with Crippen molar-refractivity contribution in [1.82, 2.24) is 14.6 Å². The van der Waals surface area contributed by atoms with Gasteiger partial charge in [-0.3, -0.25) is 4.79 Å². The fraction of sp³-hybridized carbons (Fsp3) is 0.0556. The largest absolute Gasteiger partial charge is 0.276 e. The molecule has 0 saturated heterocycles. The van der Waals surface area contributed by atoms with Gasteiger partial charge in [-0.05, 0) is 31.2 Å². The molecule has 25 heavy (non-hydrogen) atoms. The molecular weight excluding hydrogens is 361 g/mol. The third kappa shape index (κ3) is 2.73. The van der Waals surface area contributed by atoms with Crippen molar-refractivity contribution in [3.63, 3.8) is 0 Å². The maximum Gasteiger partial charge on any atom is 0.276 e. The lowest BCUT2D eigenvalue weighted by Crippen LogP contribution is -2.23. The van der Waals surface area contributed by atoms with Crippen molar-refractivity contribution >= 4 is 34.0 Å². The monoisotopic (exact) mass is 371 g/mol. The summed E-state index contributed by atoms with van der Waals surface area (Å²) >= 11 is 7.20. The molecule has 2 aromatic heterocycles. The van der Waals surface area contributed by atoms with Gasteiger partial charge in [0.1, 0.15) is 5.82 Å². The fourth-order valence-electron chi connectivity index (χ4n) is 2.61. The summed E-state index contributed by atoms with van der Waals surface area (Å²) in [7, 11) is 0. The first-order chi connectivity index (χ1) is 12.0. The summed E-state index contributed by atoms with van der Waals surface area (Å²) in [6, 6.07) is 12.1. The van der Waals surface area contributed by atoms with E-state index in [4.69, 9.17) is 11.6 Å². The molecule has 2 heterocycles. The average Bonchev–Trinajstić information content (AvgIpc) is 3.12. The van der Waals surface area contributed by atoms with Crippen LogP contribution < -0.4 is 10.1 Å². The second-order valence-corrected chi connectivity index (χ2v) is 6.98. The predicted molar refractivity (Wildman–Crippen MR) is 97.5 cm³/mol. The molecule has 2 aromatic carbocycles. The molecule has 0 N–H and O–H groups in total. The first-order valence-corrected chi connectivity index (χ1v) is 8.65. The lowest BCUT2D eigenvalue weighted by Gasteiger charge is -1.99. The van der Waals surface area contributed by atoms with Crippen LogP contribution in [0.4, 0.5) is 4.39 Å². The highest BCUT2D eigenvalue weighted by Gasteiger charge is 2.15. The van der Waals surface area contributed by atoms with Crippen molar-refractivity contribution in [2.45, 2.75) is 6.92 Å². The number of benzene rings is 2. The molecule has 0 amide bonds. The number of aromatic nitrogens is 3. The van der Waals surface area contributed by atoms with Crippen LogP contribution >= 0.6 is 22.9 Å². The molecule has 0 radical (unpaired) electrons. The van der Waals surface area contributed by atoms with Gasteiger partial charge in [-0.25, -0.2) is 8.79 Å². The lowest BCUT2D eigenvalue weighted by molar-refractivity contribution is 0.625. The number of halogens is 2. The van der Waals surface area contributed by atoms with Gasteiger partial charge < -0.3 is 0 Å². The number of nitrogens with zero attached hydrogens (tertiary/aromatic N) is 3. The first-order valence-electron chi connectivity index (χ1n) is 7.45. The van der Waals surface area contributed by atoms with E-state index in [1.165, 1.54) is 22.6 Å². The summed E-state index contributed by atoms with van der Waals surface area (Å²) in [6.45, 7) is 1.97. The van der Waals surface area contributed by atoms with Crippen molar-refractivity contribution in [1.29, 1.82) is 0 Å². The van der Waals surface area contributed by atoms with Gasteiger partial charge in [0.2, 0.25) is 4.96 Å². The minimum absolute atomic E-state index is 0.191. The zero-order chi connectivity index (χ0) is 17.6. The zero-order valence-corrected chi connectivity index (χ0v) is 14.6. The van der Waals surface area contributed by atoms with E-state index >= 15 is 0 Å². The molecule has 0 spiro atoms. The van der Waals surface area contributed by atoms with E-state index in [1.807, 2.05) is 31.2 Å². The van der Waals surface area contributed by atoms with Crippen LogP contribution in [-0.4, -0.2) is 14.6 Å². The molecule has 0 bridgehead atoms. The number of aryl methyl sites for hydroxylation is 1. The predicted octanol–water partition coefficient (Wildman–Crippen LogP) is 3.47. The van der Waals surface area contributed by atoms with Gasteiger partial charge in [-0.1, -0.05) is 52.8 Å². The summed E-state index contributed by atoms with van der Waals surface area (Å²) in [5.74, 6) is -0.00537. The minimum Gasteiger partial charge on any atom is -0.267 e. The van der Waals surface area contributed by atoms with E-state index in [1.54, 1.807) is 6.07 Å². The van der Waals surface area contributed by atoms with Gasteiger partial charge in [0.15, 0.2) is 5.82 Å². The Morgan fingerprint density at radius 2 is 2.00 bits per heavy atom. The van der Waals surface area contributed by atoms with Crippen molar-refractivity contribution < 1.29 is 4.39 Å². The third-order valence-electron chi connectivity index (χ3n) is 3.80. The van der Waals surface area contributed by atoms with E-state index in [0.717, 1.165) is 22.5 Å². The third-order valence-corrected chi connectivity index (χ3v) is 5.09. The van der Waals surface area contributed by atoms with Crippen LogP contribution in [0.1, 0.15) is 11.1 Å². The van der Waals surface area contributed by atoms with Crippen molar-refractivity contribution in [3.05, 3.63) is 79.3 Å². The topological polar surface area (TPSA) is 47.3 Å². The molecular formula is C18H11ClFN3OS. The maximum absolute atomic E-state index is 14.0. The summed E-state index contributed by atoms with van der Waals surface area (Å²) in [4.78, 5) is 13.3. The van der Waals surface area contributed by atoms with Gasteiger partial charge in [-0.15, -0.1) is 10.2 Å². The average molecular weight is 372 g/mol. The molecule has 4 rings (SSSR count). The number of fused-ring (bicyclic) bond motifs is 1. The van der Waals surface area contributed by atoms with Crippen LogP contribution in [0.2, 0.25) is 5.02 Å². The van der Waals surface area contributed by atoms with Crippen LogP contribution in [0.3, 0.4) is 0 Å². The Hall–Kier alpha value is -2.57. The van der Waals surface area contributed by atoms with Crippen molar-refractivity contribution in [3.8, 4) is 11.4 Å². The normalized spacial score (nSPS) is 12.2. The van der Waals surface area contributed by atoms with E-state index in [-0.39, 0.29) is 16.1 Å². The van der Waals surface area contributed by atoms with Gasteiger partial charge >= 0.3 is 0 Å². The Morgan fingerprint density at radius 3 is 2.76 bits per heavy atom. The smallest absolute Gasteiger partial charge is 0.267 e. The van der Waals surface area contributed by atoms with Crippen LogP contribution in [0, 0.1) is 12.7 Å². The maximum atomic E-state index is 14.0. The summed E-state index contributed by atoms with van der Waals surface area (Å²) in [5, 5.41) is 8.45. The fourth-order valence-corrected chi connectivity index (χ4v) is 3.73. The number of thiazole rings is 1. The van der Waals surface area contributed by atoms with Crippen LogP contribution in [0.5, 0.6) is 0 Å². The molecule has 0 fully saturated rings. The van der Waals surface area contributed by atoms with E-state index in [9.17, 15) is 9.18 Å². The highest BCUT2D eigenvalue weighted by molar-refractivity contribution is 7.15. The molecule has 0 saturated carbocycles. The van der Waals surface area contributed by atoms with Crippen LogP contribution in [0.15, 0.2) is 47.3 Å². The molecule has 124 valence electrons. The van der Waals surface area contributed by atoms with Crippen LogP contribution in [-0.2, 0) is 0 Å². The van der Waals surface area contributed by atoms with Crippen molar-refractivity contribution in [2.24, 2.45) is 0 Å². The molecule has 0 aliphatic rings. The van der Waals surface area contributed by atoms with Gasteiger partial charge in [0.05, 0.1) is 9.55 Å². The molecule has 4 aromatic rings. The van der Waals surface area contributed by atoms with Crippen LogP contribution in [0.25, 0.3) is 22.4 Å². The van der Waals surface area contributed by atoms with E-state index in [0.29, 0.717) is 15.3 Å². The molecule has 0 aliphatic heterocycles. The number of hydrogen-bond donors (Lipinski definition) is 0. The quantitative estimate of drug-likeness (QED) is 0.542. The number of hydrogen-bond acceptors (Lipinski definition) is 4. The first kappa shape index (κ1) is 15.9. The van der Waals surface area contributed by atoms with Gasteiger partial charge in [0, 0.05) is 11.1 Å².